The standard InChI is InChI=1S/C20H37F3N4O.HI/c1-3-24-19(26(2)11-5-18-8-14-28-15-9-18)25-10-4-17-6-12-27(13-7-17)16-20(21,22)23;/h17-18H,3-16H2,1-2H3,(H,24,25);1H. The summed E-state index contributed by atoms with van der Waals surface area (Å²) in [5.74, 6) is 2.15. The first-order valence-electron chi connectivity index (χ1n) is 10.7. The maximum absolute atomic E-state index is 12.5. The minimum atomic E-state index is -4.09. The lowest BCUT2D eigenvalue weighted by molar-refractivity contribution is -0.148. The highest BCUT2D eigenvalue weighted by Gasteiger charge is 2.32. The van der Waals surface area contributed by atoms with Crippen LogP contribution < -0.4 is 5.32 Å². The Kier molecular flexibility index (Phi) is 12.8. The van der Waals surface area contributed by atoms with Gasteiger partial charge in [0.25, 0.3) is 0 Å². The maximum Gasteiger partial charge on any atom is 0.401 e. The number of hydrogen-bond donors (Lipinski definition) is 1. The summed E-state index contributed by atoms with van der Waals surface area (Å²) >= 11 is 0. The third-order valence-corrected chi connectivity index (χ3v) is 5.82. The van der Waals surface area contributed by atoms with Gasteiger partial charge in [0.15, 0.2) is 5.96 Å². The molecule has 2 aliphatic heterocycles. The van der Waals surface area contributed by atoms with Gasteiger partial charge in [0.2, 0.25) is 0 Å². The molecule has 0 aromatic carbocycles. The fourth-order valence-corrected chi connectivity index (χ4v) is 4.03. The summed E-state index contributed by atoms with van der Waals surface area (Å²) in [5, 5.41) is 3.36. The summed E-state index contributed by atoms with van der Waals surface area (Å²) in [6, 6.07) is 0. The van der Waals surface area contributed by atoms with Crippen LogP contribution in [0.25, 0.3) is 0 Å². The fraction of sp³-hybridized carbons (Fsp3) is 0.950. The van der Waals surface area contributed by atoms with Crippen molar-refractivity contribution in [2.45, 2.75) is 51.6 Å². The number of aliphatic imine (C=N–C) groups is 1. The molecule has 0 amide bonds. The lowest BCUT2D eigenvalue weighted by atomic mass is 9.93. The van der Waals surface area contributed by atoms with Gasteiger partial charge in [0, 0.05) is 39.9 Å². The van der Waals surface area contributed by atoms with E-state index in [2.05, 4.69) is 24.2 Å². The molecule has 2 rings (SSSR count). The van der Waals surface area contributed by atoms with E-state index in [4.69, 9.17) is 9.73 Å². The van der Waals surface area contributed by atoms with Crippen LogP contribution in [-0.2, 0) is 4.74 Å². The van der Waals surface area contributed by atoms with Gasteiger partial charge in [-0.2, -0.15) is 13.2 Å². The van der Waals surface area contributed by atoms with Gasteiger partial charge in [0.1, 0.15) is 0 Å². The Hall–Kier alpha value is -0.290. The number of nitrogens with zero attached hydrogens (tertiary/aromatic N) is 3. The molecule has 0 unspecified atom stereocenters. The van der Waals surface area contributed by atoms with Crippen molar-refractivity contribution < 1.29 is 17.9 Å². The number of alkyl halides is 3. The molecule has 0 atom stereocenters. The van der Waals surface area contributed by atoms with Gasteiger partial charge in [-0.3, -0.25) is 9.89 Å². The van der Waals surface area contributed by atoms with E-state index >= 15 is 0 Å². The molecule has 2 heterocycles. The molecule has 172 valence electrons. The van der Waals surface area contributed by atoms with Crippen molar-refractivity contribution in [3.8, 4) is 0 Å². The van der Waals surface area contributed by atoms with E-state index in [1.165, 1.54) is 4.90 Å². The number of nitrogens with one attached hydrogen (secondary N) is 1. The van der Waals surface area contributed by atoms with Crippen LogP contribution in [0, 0.1) is 11.8 Å². The fourth-order valence-electron chi connectivity index (χ4n) is 4.03. The first kappa shape index (κ1) is 26.7. The van der Waals surface area contributed by atoms with Crippen molar-refractivity contribution in [2.75, 3.05) is 59.5 Å². The van der Waals surface area contributed by atoms with Gasteiger partial charge in [0.05, 0.1) is 6.54 Å². The zero-order valence-electron chi connectivity index (χ0n) is 17.8. The van der Waals surface area contributed by atoms with E-state index in [-0.39, 0.29) is 24.0 Å². The second kappa shape index (κ2) is 13.9. The second-order valence-electron chi connectivity index (χ2n) is 8.13. The van der Waals surface area contributed by atoms with Gasteiger partial charge in [-0.1, -0.05) is 0 Å². The summed E-state index contributed by atoms with van der Waals surface area (Å²) < 4.78 is 42.9. The Balaban J connectivity index is 0.00000420. The first-order chi connectivity index (χ1) is 13.4. The lowest BCUT2D eigenvalue weighted by Gasteiger charge is -2.32. The van der Waals surface area contributed by atoms with E-state index in [1.54, 1.807) is 0 Å². The minimum Gasteiger partial charge on any atom is -0.381 e. The van der Waals surface area contributed by atoms with Crippen LogP contribution in [0.5, 0.6) is 0 Å². The molecule has 0 radical (unpaired) electrons. The number of hydrogen-bond acceptors (Lipinski definition) is 3. The summed E-state index contributed by atoms with van der Waals surface area (Å²) in [6.45, 7) is 6.67. The first-order valence-corrected chi connectivity index (χ1v) is 10.7. The number of piperidine rings is 1. The monoisotopic (exact) mass is 534 g/mol. The largest absolute Gasteiger partial charge is 0.401 e. The van der Waals surface area contributed by atoms with Crippen molar-refractivity contribution in [3.05, 3.63) is 0 Å². The Labute approximate surface area is 190 Å². The molecule has 9 heteroatoms. The van der Waals surface area contributed by atoms with Crippen molar-refractivity contribution in [1.29, 1.82) is 0 Å². The van der Waals surface area contributed by atoms with Gasteiger partial charge >= 0.3 is 6.18 Å². The van der Waals surface area contributed by atoms with Crippen LogP contribution in [0.4, 0.5) is 13.2 Å². The van der Waals surface area contributed by atoms with Crippen LogP contribution in [0.15, 0.2) is 4.99 Å². The molecule has 2 fully saturated rings. The Morgan fingerprint density at radius 1 is 1.10 bits per heavy atom. The SMILES string of the molecule is CCNC(=NCCC1CCN(CC(F)(F)F)CC1)N(C)CCC1CCOCC1.I. The molecular formula is C20H38F3IN4O. The Morgan fingerprint density at radius 2 is 1.72 bits per heavy atom. The van der Waals surface area contributed by atoms with Gasteiger partial charge in [-0.15, -0.1) is 24.0 Å². The number of halogens is 4. The van der Waals surface area contributed by atoms with Crippen LogP contribution >= 0.6 is 24.0 Å². The topological polar surface area (TPSA) is 40.1 Å². The highest BCUT2D eigenvalue weighted by atomic mass is 127. The lowest BCUT2D eigenvalue weighted by Crippen LogP contribution is -2.41. The van der Waals surface area contributed by atoms with Crippen molar-refractivity contribution >= 4 is 29.9 Å². The Morgan fingerprint density at radius 3 is 2.31 bits per heavy atom. The van der Waals surface area contributed by atoms with Crippen molar-refractivity contribution in [2.24, 2.45) is 16.8 Å². The predicted octanol–water partition coefficient (Wildman–Crippen LogP) is 3.98. The number of likely N-dealkylation sites (tertiary alicyclic amines) is 1. The highest BCUT2D eigenvalue weighted by Crippen LogP contribution is 2.24. The zero-order valence-corrected chi connectivity index (χ0v) is 20.2. The van der Waals surface area contributed by atoms with Gasteiger partial charge in [-0.05, 0) is 70.4 Å². The summed E-state index contributed by atoms with van der Waals surface area (Å²) in [7, 11) is 2.08. The number of ether oxygens (including phenoxy) is 1. The molecule has 2 saturated heterocycles. The number of rotatable bonds is 8. The summed E-state index contributed by atoms with van der Waals surface area (Å²) in [5.41, 5.74) is 0. The molecule has 0 aliphatic carbocycles. The molecule has 1 N–H and O–H groups in total. The minimum absolute atomic E-state index is 0. The van der Waals surface area contributed by atoms with E-state index in [9.17, 15) is 13.2 Å². The van der Waals surface area contributed by atoms with E-state index in [1.807, 2.05) is 0 Å². The molecule has 0 saturated carbocycles. The molecule has 0 aromatic rings. The van der Waals surface area contributed by atoms with Crippen molar-refractivity contribution in [1.82, 2.24) is 15.1 Å². The average Bonchev–Trinajstić information content (AvgIpc) is 2.66. The third-order valence-electron chi connectivity index (χ3n) is 5.82. The molecule has 5 nitrogen and oxygen atoms in total. The molecule has 2 aliphatic rings. The third kappa shape index (κ3) is 11.1. The predicted molar refractivity (Wildman–Crippen MR) is 122 cm³/mol. The van der Waals surface area contributed by atoms with Gasteiger partial charge in [-0.25, -0.2) is 0 Å². The van der Waals surface area contributed by atoms with E-state index < -0.39 is 12.7 Å². The quantitative estimate of drug-likeness (QED) is 0.291. The molecule has 0 spiro atoms. The van der Waals surface area contributed by atoms with Crippen LogP contribution in [0.1, 0.15) is 45.4 Å². The molecule has 29 heavy (non-hydrogen) atoms. The number of guanidine groups is 1. The van der Waals surface area contributed by atoms with Gasteiger partial charge < -0.3 is 15.0 Å². The van der Waals surface area contributed by atoms with Crippen LogP contribution in [0.2, 0.25) is 0 Å². The maximum atomic E-state index is 12.5. The second-order valence-corrected chi connectivity index (χ2v) is 8.13. The van der Waals surface area contributed by atoms with E-state index in [0.29, 0.717) is 19.0 Å². The summed E-state index contributed by atoms with van der Waals surface area (Å²) in [4.78, 5) is 8.48. The van der Waals surface area contributed by atoms with Crippen molar-refractivity contribution in [3.63, 3.8) is 0 Å². The molecule has 0 bridgehead atoms. The van der Waals surface area contributed by atoms with Crippen LogP contribution in [0.3, 0.4) is 0 Å². The molecule has 0 aromatic heterocycles. The normalized spacial score (nSPS) is 20.4. The Bertz CT molecular complexity index is 465. The smallest absolute Gasteiger partial charge is 0.381 e. The summed E-state index contributed by atoms with van der Waals surface area (Å²) in [6.07, 6.45) is 1.98. The van der Waals surface area contributed by atoms with E-state index in [0.717, 1.165) is 83.3 Å². The average molecular weight is 534 g/mol. The van der Waals surface area contributed by atoms with Crippen LogP contribution in [-0.4, -0.2) is 81.5 Å². The molecular weight excluding hydrogens is 496 g/mol. The zero-order chi connectivity index (χ0) is 20.4. The highest BCUT2D eigenvalue weighted by molar-refractivity contribution is 14.0.